The molecule has 2 aromatic carbocycles. The number of ether oxygens (including phenoxy) is 2. The number of halogens is 1. The summed E-state index contributed by atoms with van der Waals surface area (Å²) in [6, 6.07) is 11.0. The van der Waals surface area contributed by atoms with Gasteiger partial charge in [-0.15, -0.1) is 0 Å². The van der Waals surface area contributed by atoms with Gasteiger partial charge in [-0.25, -0.2) is 9.07 Å². The second kappa shape index (κ2) is 10.1. The van der Waals surface area contributed by atoms with Crippen molar-refractivity contribution in [2.75, 3.05) is 7.11 Å². The number of carbonyl (C=O) groups is 1. The summed E-state index contributed by atoms with van der Waals surface area (Å²) in [5.74, 6) is 0.863. The van der Waals surface area contributed by atoms with Crippen LogP contribution in [0.5, 0.6) is 5.75 Å². The van der Waals surface area contributed by atoms with Gasteiger partial charge in [-0.05, 0) is 74.9 Å². The highest BCUT2D eigenvalue weighted by atomic mass is 19.1. The zero-order valence-electron chi connectivity index (χ0n) is 19.4. The van der Waals surface area contributed by atoms with Crippen LogP contribution >= 0.6 is 0 Å². The molecule has 0 fully saturated rings. The summed E-state index contributed by atoms with van der Waals surface area (Å²) in [7, 11) is 1.63. The molecular formula is C26H29FN4O3. The minimum absolute atomic E-state index is 0.0130. The predicted molar refractivity (Wildman–Crippen MR) is 129 cm³/mol. The van der Waals surface area contributed by atoms with Crippen molar-refractivity contribution >= 4 is 16.8 Å². The summed E-state index contributed by atoms with van der Waals surface area (Å²) in [6.45, 7) is 3.56. The summed E-state index contributed by atoms with van der Waals surface area (Å²) in [4.78, 5) is 12.3. The van der Waals surface area contributed by atoms with Crippen LogP contribution < -0.4 is 15.8 Å². The van der Waals surface area contributed by atoms with Gasteiger partial charge in [0.2, 0.25) is 5.91 Å². The van der Waals surface area contributed by atoms with Crippen LogP contribution in [0, 0.1) is 11.7 Å². The highest BCUT2D eigenvalue weighted by Gasteiger charge is 2.30. The number of allylic oxidation sites excluding steroid dienone is 2. The van der Waals surface area contributed by atoms with Gasteiger partial charge in [0.1, 0.15) is 23.4 Å². The Morgan fingerprint density at radius 3 is 2.71 bits per heavy atom. The Balaban J connectivity index is 1.61. The number of rotatable bonds is 8. The van der Waals surface area contributed by atoms with Crippen molar-refractivity contribution in [3.8, 4) is 11.4 Å². The van der Waals surface area contributed by atoms with Gasteiger partial charge >= 0.3 is 0 Å². The van der Waals surface area contributed by atoms with E-state index in [9.17, 15) is 9.18 Å². The third-order valence-corrected chi connectivity index (χ3v) is 5.89. The Morgan fingerprint density at radius 2 is 2.00 bits per heavy atom. The molecule has 1 aliphatic carbocycles. The first-order valence-electron chi connectivity index (χ1n) is 11.2. The van der Waals surface area contributed by atoms with E-state index >= 15 is 0 Å². The lowest BCUT2D eigenvalue weighted by molar-refractivity contribution is -0.123. The fraction of sp³-hybridized carbons (Fsp3) is 0.308. The number of fused-ring (bicyclic) bond motifs is 1. The number of aromatic nitrogens is 2. The average molecular weight is 465 g/mol. The van der Waals surface area contributed by atoms with Crippen molar-refractivity contribution < 1.29 is 18.7 Å². The van der Waals surface area contributed by atoms with Gasteiger partial charge < -0.3 is 20.5 Å². The van der Waals surface area contributed by atoms with Crippen molar-refractivity contribution in [1.29, 1.82) is 0 Å². The lowest BCUT2D eigenvalue weighted by atomic mass is 9.89. The highest BCUT2D eigenvalue weighted by molar-refractivity contribution is 5.82. The number of hydrogen-bond acceptors (Lipinski definition) is 5. The van der Waals surface area contributed by atoms with Crippen molar-refractivity contribution in [2.24, 2.45) is 11.7 Å². The molecule has 0 saturated heterocycles. The molecule has 3 N–H and O–H groups in total. The second-order valence-electron chi connectivity index (χ2n) is 8.50. The molecule has 4 rings (SSSR count). The van der Waals surface area contributed by atoms with E-state index in [1.54, 1.807) is 37.0 Å². The van der Waals surface area contributed by atoms with E-state index < -0.39 is 6.04 Å². The molecule has 0 bridgehead atoms. The molecule has 3 aromatic rings. The third kappa shape index (κ3) is 5.12. The summed E-state index contributed by atoms with van der Waals surface area (Å²) in [5.41, 5.74) is 7.39. The van der Waals surface area contributed by atoms with Gasteiger partial charge in [-0.3, -0.25) is 4.79 Å². The number of nitrogens with two attached hydrogens (primary N) is 1. The van der Waals surface area contributed by atoms with Gasteiger partial charge in [0.25, 0.3) is 0 Å². The first-order chi connectivity index (χ1) is 16.4. The van der Waals surface area contributed by atoms with Crippen LogP contribution in [-0.4, -0.2) is 41.0 Å². The lowest BCUT2D eigenvalue weighted by Gasteiger charge is -2.32. The van der Waals surface area contributed by atoms with E-state index in [2.05, 4.69) is 10.4 Å². The number of carbonyl (C=O) groups excluding carboxylic acids is 1. The Bertz CT molecular complexity index is 1220. The van der Waals surface area contributed by atoms with E-state index in [0.717, 1.165) is 28.8 Å². The van der Waals surface area contributed by atoms with E-state index in [1.165, 1.54) is 12.1 Å². The van der Waals surface area contributed by atoms with Crippen molar-refractivity contribution in [3.63, 3.8) is 0 Å². The predicted octanol–water partition coefficient (Wildman–Crippen LogP) is 3.87. The molecule has 34 heavy (non-hydrogen) atoms. The number of amides is 1. The van der Waals surface area contributed by atoms with Crippen LogP contribution in [0.15, 0.2) is 72.6 Å². The van der Waals surface area contributed by atoms with E-state index in [0.29, 0.717) is 5.75 Å². The average Bonchev–Trinajstić information content (AvgIpc) is 3.26. The van der Waals surface area contributed by atoms with Gasteiger partial charge in [0.15, 0.2) is 0 Å². The Labute approximate surface area is 198 Å². The third-order valence-electron chi connectivity index (χ3n) is 5.89. The smallest absolute Gasteiger partial charge is 0.236 e. The molecule has 4 atom stereocenters. The molecule has 0 aliphatic heterocycles. The van der Waals surface area contributed by atoms with Crippen LogP contribution in [0.3, 0.4) is 0 Å². The molecule has 1 heterocycles. The highest BCUT2D eigenvalue weighted by Crippen LogP contribution is 2.29. The molecule has 1 amide bonds. The standard InChI is InChI=1S/C26H29FN4O3/c1-16(28)26(32)30-17(2)25(18-5-4-6-22(13-18)33-3)34-23-11-12-24-19(14-23)15-29-31(24)21-9-7-20(27)8-10-21/h4,6-18,25H,5,28H2,1-3H3,(H,30,32)/t16-,17+,18?,25+/m1/s1. The van der Waals surface area contributed by atoms with Crippen LogP contribution in [0.2, 0.25) is 0 Å². The Kier molecular flexibility index (Phi) is 6.98. The van der Waals surface area contributed by atoms with Crippen molar-refractivity contribution in [2.45, 2.75) is 38.5 Å². The van der Waals surface area contributed by atoms with Crippen molar-refractivity contribution in [1.82, 2.24) is 15.1 Å². The summed E-state index contributed by atoms with van der Waals surface area (Å²) in [6.07, 6.45) is 8.12. The first kappa shape index (κ1) is 23.5. The molecule has 8 heteroatoms. The van der Waals surface area contributed by atoms with E-state index in [1.807, 2.05) is 43.4 Å². The van der Waals surface area contributed by atoms with Crippen molar-refractivity contribution in [3.05, 3.63) is 78.5 Å². The maximum Gasteiger partial charge on any atom is 0.236 e. The first-order valence-corrected chi connectivity index (χ1v) is 11.2. The van der Waals surface area contributed by atoms with Crippen LogP contribution in [0.1, 0.15) is 20.3 Å². The lowest BCUT2D eigenvalue weighted by Crippen LogP contribution is -2.51. The summed E-state index contributed by atoms with van der Waals surface area (Å²) < 4.78 is 26.9. The topological polar surface area (TPSA) is 91.4 Å². The maximum atomic E-state index is 13.3. The second-order valence-corrected chi connectivity index (χ2v) is 8.50. The normalized spacial score (nSPS) is 18.1. The van der Waals surface area contributed by atoms with Crippen LogP contribution in [-0.2, 0) is 9.53 Å². The number of benzene rings is 2. The zero-order valence-corrected chi connectivity index (χ0v) is 19.4. The summed E-state index contributed by atoms with van der Waals surface area (Å²) >= 11 is 0. The summed E-state index contributed by atoms with van der Waals surface area (Å²) in [5, 5.41) is 8.30. The van der Waals surface area contributed by atoms with Gasteiger partial charge in [-0.2, -0.15) is 5.10 Å². The quantitative estimate of drug-likeness (QED) is 0.528. The molecule has 1 aromatic heterocycles. The molecule has 7 nitrogen and oxygen atoms in total. The van der Waals surface area contributed by atoms with Gasteiger partial charge in [0.05, 0.1) is 36.6 Å². The van der Waals surface area contributed by atoms with E-state index in [-0.39, 0.29) is 29.8 Å². The molecule has 0 saturated carbocycles. The minimum atomic E-state index is -0.618. The number of methoxy groups -OCH3 is 1. The minimum Gasteiger partial charge on any atom is -0.497 e. The molecule has 0 spiro atoms. The number of hydrogen-bond donors (Lipinski definition) is 2. The fourth-order valence-electron chi connectivity index (χ4n) is 4.07. The van der Waals surface area contributed by atoms with Gasteiger partial charge in [-0.1, -0.05) is 6.08 Å². The molecular weight excluding hydrogens is 435 g/mol. The molecule has 1 aliphatic rings. The Morgan fingerprint density at radius 1 is 1.24 bits per heavy atom. The fourth-order valence-corrected chi connectivity index (χ4v) is 4.07. The Hall–Kier alpha value is -3.65. The number of nitrogens with one attached hydrogen (secondary N) is 1. The maximum absolute atomic E-state index is 13.3. The number of nitrogens with zero attached hydrogens (tertiary/aromatic N) is 2. The van der Waals surface area contributed by atoms with Crippen LogP contribution in [0.4, 0.5) is 4.39 Å². The van der Waals surface area contributed by atoms with Crippen LogP contribution in [0.25, 0.3) is 16.6 Å². The largest absolute Gasteiger partial charge is 0.497 e. The molecule has 0 radical (unpaired) electrons. The van der Waals surface area contributed by atoms with Gasteiger partial charge in [0, 0.05) is 11.3 Å². The SMILES string of the molecule is COC1=CC([C@@H](Oc2ccc3c(cnn3-c3ccc(F)cc3)c2)[C@H](C)NC(=O)[C@@H](C)N)CC=C1. The zero-order chi connectivity index (χ0) is 24.2. The molecule has 178 valence electrons. The van der Waals surface area contributed by atoms with E-state index in [4.69, 9.17) is 15.2 Å². The molecule has 1 unspecified atom stereocenters. The monoisotopic (exact) mass is 464 g/mol.